The lowest BCUT2D eigenvalue weighted by molar-refractivity contribution is -0.121. The summed E-state index contributed by atoms with van der Waals surface area (Å²) in [5, 5.41) is 2.81. The van der Waals surface area contributed by atoms with Gasteiger partial charge in [0.25, 0.3) is 0 Å². The summed E-state index contributed by atoms with van der Waals surface area (Å²) in [4.78, 5) is 11.7. The highest BCUT2D eigenvalue weighted by atomic mass is 19.1. The van der Waals surface area contributed by atoms with Gasteiger partial charge in [-0.1, -0.05) is 12.5 Å². The molecule has 0 radical (unpaired) electrons. The number of allylic oxidation sites excluding steroid dienone is 2. The van der Waals surface area contributed by atoms with Crippen LogP contribution in [0.5, 0.6) is 0 Å². The number of carbonyl (C=O) groups is 1. The molecule has 1 aliphatic carbocycles. The molecule has 0 heterocycles. The van der Waals surface area contributed by atoms with Crippen molar-refractivity contribution in [1.29, 1.82) is 0 Å². The predicted molar refractivity (Wildman–Crippen MR) is 70.4 cm³/mol. The quantitative estimate of drug-likeness (QED) is 0.622. The number of nitrogens with two attached hydrogens (primary N) is 2. The molecule has 2 unspecified atom stereocenters. The van der Waals surface area contributed by atoms with Crippen molar-refractivity contribution >= 4 is 5.91 Å². The maximum atomic E-state index is 13.0. The zero-order valence-corrected chi connectivity index (χ0v) is 10.8. The molecule has 0 saturated carbocycles. The van der Waals surface area contributed by atoms with Gasteiger partial charge < -0.3 is 16.8 Å². The molecule has 0 aliphatic heterocycles. The molecular weight excluding hydrogens is 233 g/mol. The molecule has 0 saturated heterocycles. The van der Waals surface area contributed by atoms with E-state index in [1.807, 2.05) is 0 Å². The van der Waals surface area contributed by atoms with Gasteiger partial charge in [0.2, 0.25) is 5.91 Å². The Morgan fingerprint density at radius 2 is 2.22 bits per heavy atom. The first-order chi connectivity index (χ1) is 8.45. The van der Waals surface area contributed by atoms with Crippen LogP contribution in [0.3, 0.4) is 0 Å². The third-order valence-electron chi connectivity index (χ3n) is 2.99. The summed E-state index contributed by atoms with van der Waals surface area (Å²) in [5.74, 6) is -0.428. The molecule has 0 fully saturated rings. The second-order valence-corrected chi connectivity index (χ2v) is 4.90. The zero-order chi connectivity index (χ0) is 13.6. The Hall–Kier alpha value is -1.20. The first-order valence-corrected chi connectivity index (χ1v) is 6.30. The fourth-order valence-corrected chi connectivity index (χ4v) is 1.89. The van der Waals surface area contributed by atoms with Crippen LogP contribution in [-0.4, -0.2) is 24.0 Å². The van der Waals surface area contributed by atoms with Gasteiger partial charge >= 0.3 is 0 Å². The molecule has 2 atom stereocenters. The molecule has 1 amide bonds. The Bertz CT molecular complexity index is 350. The van der Waals surface area contributed by atoms with Gasteiger partial charge in [-0.2, -0.15) is 0 Å². The fourth-order valence-electron chi connectivity index (χ4n) is 1.89. The van der Waals surface area contributed by atoms with Crippen LogP contribution in [0.4, 0.5) is 4.39 Å². The number of halogens is 1. The van der Waals surface area contributed by atoms with Crippen molar-refractivity contribution < 1.29 is 9.18 Å². The molecule has 5 N–H and O–H groups in total. The summed E-state index contributed by atoms with van der Waals surface area (Å²) in [6.07, 6.45) is 7.38. The van der Waals surface area contributed by atoms with E-state index in [2.05, 4.69) is 5.32 Å². The average Bonchev–Trinajstić information content (AvgIpc) is 2.28. The van der Waals surface area contributed by atoms with Crippen LogP contribution in [0, 0.1) is 0 Å². The van der Waals surface area contributed by atoms with E-state index >= 15 is 0 Å². The van der Waals surface area contributed by atoms with Gasteiger partial charge in [-0.15, -0.1) is 0 Å². The first kappa shape index (κ1) is 14.9. The standard InChI is InChI=1S/C13H22FN3O/c1-13(16)9-10(14)6-7-11(13)17-12(18)5-3-2-4-8-15/h6-7,9,11H,2-5,8,15-16H2,1H3,(H,17,18). The average molecular weight is 255 g/mol. The molecule has 0 aromatic carbocycles. The topological polar surface area (TPSA) is 81.1 Å². The molecule has 4 nitrogen and oxygen atoms in total. The molecular formula is C13H22FN3O. The Kier molecular flexibility index (Phi) is 5.50. The molecule has 102 valence electrons. The fraction of sp³-hybridized carbons (Fsp3) is 0.615. The van der Waals surface area contributed by atoms with Gasteiger partial charge in [0.15, 0.2) is 0 Å². The third-order valence-corrected chi connectivity index (χ3v) is 2.99. The second kappa shape index (κ2) is 6.66. The molecule has 0 spiro atoms. The minimum Gasteiger partial charge on any atom is -0.348 e. The minimum absolute atomic E-state index is 0.0611. The Morgan fingerprint density at radius 3 is 2.83 bits per heavy atom. The molecule has 0 aromatic rings. The lowest BCUT2D eigenvalue weighted by Crippen LogP contribution is -2.55. The van der Waals surface area contributed by atoms with E-state index in [0.717, 1.165) is 19.3 Å². The van der Waals surface area contributed by atoms with Crippen molar-refractivity contribution in [2.45, 2.75) is 44.2 Å². The summed E-state index contributed by atoms with van der Waals surface area (Å²) >= 11 is 0. The van der Waals surface area contributed by atoms with Crippen LogP contribution >= 0.6 is 0 Å². The predicted octanol–water partition coefficient (Wildman–Crippen LogP) is 1.13. The van der Waals surface area contributed by atoms with Crippen LogP contribution in [0.1, 0.15) is 32.6 Å². The van der Waals surface area contributed by atoms with E-state index in [9.17, 15) is 9.18 Å². The van der Waals surface area contributed by atoms with Gasteiger partial charge in [-0.25, -0.2) is 4.39 Å². The molecule has 1 aliphatic rings. The highest BCUT2D eigenvalue weighted by Crippen LogP contribution is 2.20. The normalized spacial score (nSPS) is 26.9. The van der Waals surface area contributed by atoms with Crippen molar-refractivity contribution in [1.82, 2.24) is 5.32 Å². The van der Waals surface area contributed by atoms with Gasteiger partial charge in [0, 0.05) is 6.42 Å². The summed E-state index contributed by atoms with van der Waals surface area (Å²) in [6.45, 7) is 2.34. The third kappa shape index (κ3) is 4.58. The summed E-state index contributed by atoms with van der Waals surface area (Å²) < 4.78 is 13.0. The van der Waals surface area contributed by atoms with Crippen LogP contribution in [0.2, 0.25) is 0 Å². The minimum atomic E-state index is -0.883. The highest BCUT2D eigenvalue weighted by molar-refractivity contribution is 5.76. The molecule has 1 rings (SSSR count). The summed E-state index contributed by atoms with van der Waals surface area (Å²) in [7, 11) is 0. The van der Waals surface area contributed by atoms with Gasteiger partial charge in [0.05, 0.1) is 11.6 Å². The first-order valence-electron chi connectivity index (χ1n) is 6.30. The zero-order valence-electron chi connectivity index (χ0n) is 10.8. The van der Waals surface area contributed by atoms with E-state index in [1.165, 1.54) is 12.2 Å². The van der Waals surface area contributed by atoms with Crippen molar-refractivity contribution in [2.75, 3.05) is 6.54 Å². The molecule has 18 heavy (non-hydrogen) atoms. The van der Waals surface area contributed by atoms with Crippen LogP contribution in [0.25, 0.3) is 0 Å². The number of hydrogen-bond acceptors (Lipinski definition) is 3. The maximum absolute atomic E-state index is 13.0. The number of unbranched alkanes of at least 4 members (excludes halogenated alkanes) is 2. The number of hydrogen-bond donors (Lipinski definition) is 3. The van der Waals surface area contributed by atoms with Gasteiger partial charge in [-0.05, 0) is 38.5 Å². The number of amides is 1. The van der Waals surface area contributed by atoms with E-state index < -0.39 is 5.54 Å². The van der Waals surface area contributed by atoms with E-state index in [-0.39, 0.29) is 17.8 Å². The monoisotopic (exact) mass is 255 g/mol. The highest BCUT2D eigenvalue weighted by Gasteiger charge is 2.30. The Balaban J connectivity index is 2.38. The van der Waals surface area contributed by atoms with Crippen molar-refractivity contribution in [2.24, 2.45) is 11.5 Å². The maximum Gasteiger partial charge on any atom is 0.220 e. The van der Waals surface area contributed by atoms with E-state index in [4.69, 9.17) is 11.5 Å². The lowest BCUT2D eigenvalue weighted by Gasteiger charge is -2.32. The Morgan fingerprint density at radius 1 is 1.50 bits per heavy atom. The van der Waals surface area contributed by atoms with Gasteiger partial charge in [0.1, 0.15) is 5.83 Å². The lowest BCUT2D eigenvalue weighted by atomic mass is 9.89. The van der Waals surface area contributed by atoms with Crippen molar-refractivity contribution in [3.8, 4) is 0 Å². The smallest absolute Gasteiger partial charge is 0.220 e. The van der Waals surface area contributed by atoms with Crippen molar-refractivity contribution in [3.05, 3.63) is 24.1 Å². The summed E-state index contributed by atoms with van der Waals surface area (Å²) in [5.41, 5.74) is 10.4. The van der Waals surface area contributed by atoms with Crippen molar-refractivity contribution in [3.63, 3.8) is 0 Å². The van der Waals surface area contributed by atoms with Gasteiger partial charge in [-0.3, -0.25) is 4.79 Å². The van der Waals surface area contributed by atoms with Crippen LogP contribution in [-0.2, 0) is 4.79 Å². The summed E-state index contributed by atoms with van der Waals surface area (Å²) in [6, 6.07) is -0.362. The number of nitrogens with one attached hydrogen (secondary N) is 1. The van der Waals surface area contributed by atoms with Crippen LogP contribution in [0.15, 0.2) is 24.1 Å². The molecule has 0 bridgehead atoms. The Labute approximate surface area is 107 Å². The van der Waals surface area contributed by atoms with E-state index in [1.54, 1.807) is 13.0 Å². The second-order valence-electron chi connectivity index (χ2n) is 4.90. The molecule has 5 heteroatoms. The SMILES string of the molecule is CC1(N)C=C(F)C=CC1NC(=O)CCCCCN. The van der Waals surface area contributed by atoms with E-state index in [0.29, 0.717) is 13.0 Å². The molecule has 0 aromatic heterocycles. The number of rotatable bonds is 6. The largest absolute Gasteiger partial charge is 0.348 e. The number of carbonyl (C=O) groups excluding carboxylic acids is 1. The van der Waals surface area contributed by atoms with Crippen LogP contribution < -0.4 is 16.8 Å².